The van der Waals surface area contributed by atoms with Crippen molar-refractivity contribution < 1.29 is 0 Å². The van der Waals surface area contributed by atoms with Gasteiger partial charge in [-0.05, 0) is 25.5 Å². The van der Waals surface area contributed by atoms with Crippen molar-refractivity contribution in [2.45, 2.75) is 36.8 Å². The molecule has 27 heavy (non-hydrogen) atoms. The minimum absolute atomic E-state index is 0.189. The lowest BCUT2D eigenvalue weighted by atomic mass is 10.2. The van der Waals surface area contributed by atoms with Gasteiger partial charge in [0, 0.05) is 12.2 Å². The predicted octanol–water partition coefficient (Wildman–Crippen LogP) is 3.86. The Hall–Kier alpha value is -2.46. The van der Waals surface area contributed by atoms with Gasteiger partial charge in [-0.15, -0.1) is 10.2 Å². The van der Waals surface area contributed by atoms with E-state index in [4.69, 9.17) is 5.73 Å². The summed E-state index contributed by atoms with van der Waals surface area (Å²) in [6.45, 7) is 5.11. The Kier molecular flexibility index (Phi) is 6.77. The van der Waals surface area contributed by atoms with E-state index in [9.17, 15) is 0 Å². The minimum Gasteiger partial charge on any atom is -0.368 e. The van der Waals surface area contributed by atoms with Gasteiger partial charge in [0.25, 0.3) is 0 Å². The molecule has 0 amide bonds. The molecule has 2 aromatic heterocycles. The third kappa shape index (κ3) is 6.04. The summed E-state index contributed by atoms with van der Waals surface area (Å²) in [5, 5.41) is 15.6. The number of nitrogens with one attached hydrogen (secondary N) is 2. The number of nitrogen functional groups attached to an aromatic ring is 1. The van der Waals surface area contributed by atoms with Crippen LogP contribution >= 0.6 is 23.1 Å². The monoisotopic (exact) mass is 402 g/mol. The second-order valence-corrected chi connectivity index (χ2v) is 8.07. The van der Waals surface area contributed by atoms with Crippen molar-refractivity contribution in [3.63, 3.8) is 0 Å². The van der Waals surface area contributed by atoms with Gasteiger partial charge in [-0.2, -0.15) is 15.0 Å². The molecule has 0 atom stereocenters. The van der Waals surface area contributed by atoms with Gasteiger partial charge in [0.15, 0.2) is 4.34 Å². The molecule has 0 radical (unpaired) electrons. The number of hydrogen-bond donors (Lipinski definition) is 3. The van der Waals surface area contributed by atoms with Crippen LogP contribution in [0.15, 0.2) is 28.6 Å². The summed E-state index contributed by atoms with van der Waals surface area (Å²) >= 11 is 3.05. The molecule has 0 aliphatic carbocycles. The van der Waals surface area contributed by atoms with E-state index in [-0.39, 0.29) is 5.95 Å². The quantitative estimate of drug-likeness (QED) is 0.362. The van der Waals surface area contributed by atoms with Gasteiger partial charge in [0.05, 0.1) is 5.75 Å². The molecule has 0 fully saturated rings. The van der Waals surface area contributed by atoms with Crippen molar-refractivity contribution in [2.75, 3.05) is 22.9 Å². The molecule has 0 saturated carbocycles. The molecular weight excluding hydrogens is 380 g/mol. The first kappa shape index (κ1) is 19.3. The van der Waals surface area contributed by atoms with E-state index in [1.165, 1.54) is 28.7 Å². The topological polar surface area (TPSA) is 115 Å². The second-order valence-electron chi connectivity index (χ2n) is 5.87. The molecule has 0 aliphatic heterocycles. The average molecular weight is 403 g/mol. The molecule has 142 valence electrons. The first-order chi connectivity index (χ1) is 13.1. The summed E-state index contributed by atoms with van der Waals surface area (Å²) in [5.74, 6) is 1.76. The van der Waals surface area contributed by atoms with Crippen LogP contribution < -0.4 is 16.4 Å². The number of unbranched alkanes of at least 4 members (excludes halogenated alkanes) is 1. The van der Waals surface area contributed by atoms with E-state index in [0.717, 1.165) is 34.5 Å². The standard InChI is InChI=1S/C17H22N8S2/c1-3-4-9-19-16-24-25-17(27-16)26-10-13-21-14(18)23-15(22-13)20-12-7-5-11(2)6-8-12/h5-8H,3-4,9-10H2,1-2H3,(H,19,24)(H3,18,20,21,22,23). The van der Waals surface area contributed by atoms with E-state index in [0.29, 0.717) is 17.5 Å². The van der Waals surface area contributed by atoms with Crippen molar-refractivity contribution in [1.82, 2.24) is 25.1 Å². The fourth-order valence-electron chi connectivity index (χ4n) is 2.16. The maximum atomic E-state index is 5.83. The molecule has 1 aromatic carbocycles. The first-order valence-electron chi connectivity index (χ1n) is 8.66. The lowest BCUT2D eigenvalue weighted by molar-refractivity contribution is 0.830. The first-order valence-corrected chi connectivity index (χ1v) is 10.5. The number of thioether (sulfide) groups is 1. The number of nitrogens with two attached hydrogens (primary N) is 1. The predicted molar refractivity (Wildman–Crippen MR) is 112 cm³/mol. The molecule has 0 unspecified atom stereocenters. The molecule has 0 bridgehead atoms. The van der Waals surface area contributed by atoms with E-state index in [2.05, 4.69) is 42.7 Å². The largest absolute Gasteiger partial charge is 0.368 e. The highest BCUT2D eigenvalue weighted by atomic mass is 32.2. The number of aromatic nitrogens is 5. The highest BCUT2D eigenvalue weighted by molar-refractivity contribution is 8.00. The molecule has 3 rings (SSSR count). The number of rotatable bonds is 9. The number of benzene rings is 1. The molecule has 4 N–H and O–H groups in total. The van der Waals surface area contributed by atoms with Crippen molar-refractivity contribution in [3.05, 3.63) is 35.7 Å². The van der Waals surface area contributed by atoms with Gasteiger partial charge < -0.3 is 16.4 Å². The molecule has 3 aromatic rings. The Morgan fingerprint density at radius 2 is 1.93 bits per heavy atom. The Bertz CT molecular complexity index is 866. The second kappa shape index (κ2) is 9.47. The Labute approximate surface area is 166 Å². The lowest BCUT2D eigenvalue weighted by Crippen LogP contribution is -2.06. The van der Waals surface area contributed by atoms with Crippen molar-refractivity contribution in [1.29, 1.82) is 0 Å². The van der Waals surface area contributed by atoms with Crippen LogP contribution in [0.3, 0.4) is 0 Å². The third-order valence-corrected chi connectivity index (χ3v) is 5.55. The van der Waals surface area contributed by atoms with Crippen LogP contribution in [0, 0.1) is 6.92 Å². The normalized spacial score (nSPS) is 10.7. The van der Waals surface area contributed by atoms with E-state index >= 15 is 0 Å². The average Bonchev–Trinajstić information content (AvgIpc) is 3.10. The van der Waals surface area contributed by atoms with E-state index in [1.54, 1.807) is 0 Å². The summed E-state index contributed by atoms with van der Waals surface area (Å²) in [6.07, 6.45) is 2.26. The molecule has 0 saturated heterocycles. The van der Waals surface area contributed by atoms with Crippen molar-refractivity contribution >= 4 is 45.8 Å². The summed E-state index contributed by atoms with van der Waals surface area (Å²) in [7, 11) is 0. The van der Waals surface area contributed by atoms with E-state index in [1.807, 2.05) is 31.2 Å². The van der Waals surface area contributed by atoms with Crippen molar-refractivity contribution in [3.8, 4) is 0 Å². The number of aryl methyl sites for hydroxylation is 1. The van der Waals surface area contributed by atoms with Gasteiger partial charge in [0.2, 0.25) is 17.0 Å². The zero-order valence-corrected chi connectivity index (χ0v) is 16.9. The van der Waals surface area contributed by atoms with Crippen LogP contribution in [0.25, 0.3) is 0 Å². The van der Waals surface area contributed by atoms with Crippen LogP contribution in [0.4, 0.5) is 22.7 Å². The number of nitrogens with zero attached hydrogens (tertiary/aromatic N) is 5. The molecule has 10 heteroatoms. The number of hydrogen-bond acceptors (Lipinski definition) is 10. The zero-order valence-electron chi connectivity index (χ0n) is 15.3. The van der Waals surface area contributed by atoms with Crippen LogP contribution in [0.2, 0.25) is 0 Å². The molecule has 8 nitrogen and oxygen atoms in total. The molecule has 0 spiro atoms. The third-order valence-electron chi connectivity index (χ3n) is 3.54. The molecular formula is C17H22N8S2. The Balaban J connectivity index is 1.60. The van der Waals surface area contributed by atoms with Gasteiger partial charge in [-0.25, -0.2) is 0 Å². The fourth-order valence-corrected chi connectivity index (χ4v) is 3.79. The summed E-state index contributed by atoms with van der Waals surface area (Å²) in [6, 6.07) is 7.98. The summed E-state index contributed by atoms with van der Waals surface area (Å²) in [5.41, 5.74) is 7.92. The Morgan fingerprint density at radius 1 is 1.11 bits per heavy atom. The van der Waals surface area contributed by atoms with Crippen molar-refractivity contribution in [2.24, 2.45) is 0 Å². The molecule has 0 aliphatic rings. The fraction of sp³-hybridized carbons (Fsp3) is 0.353. The summed E-state index contributed by atoms with van der Waals surface area (Å²) < 4.78 is 0.862. The maximum absolute atomic E-state index is 5.83. The smallest absolute Gasteiger partial charge is 0.232 e. The van der Waals surface area contributed by atoms with Crippen LogP contribution in [-0.2, 0) is 5.75 Å². The van der Waals surface area contributed by atoms with Crippen LogP contribution in [-0.4, -0.2) is 31.7 Å². The van der Waals surface area contributed by atoms with Crippen LogP contribution in [0.1, 0.15) is 31.2 Å². The van der Waals surface area contributed by atoms with Gasteiger partial charge >= 0.3 is 0 Å². The van der Waals surface area contributed by atoms with Gasteiger partial charge in [-0.1, -0.05) is 54.1 Å². The molecule has 2 heterocycles. The minimum atomic E-state index is 0.189. The summed E-state index contributed by atoms with van der Waals surface area (Å²) in [4.78, 5) is 12.8. The Morgan fingerprint density at radius 3 is 2.70 bits per heavy atom. The highest BCUT2D eigenvalue weighted by Gasteiger charge is 2.09. The van der Waals surface area contributed by atoms with E-state index < -0.39 is 0 Å². The van der Waals surface area contributed by atoms with Gasteiger partial charge in [-0.3, -0.25) is 0 Å². The highest BCUT2D eigenvalue weighted by Crippen LogP contribution is 2.28. The maximum Gasteiger partial charge on any atom is 0.232 e. The SMILES string of the molecule is CCCCNc1nnc(SCc2nc(N)nc(Nc3ccc(C)cc3)n2)s1. The zero-order chi connectivity index (χ0) is 19.1. The lowest BCUT2D eigenvalue weighted by Gasteiger charge is -2.07. The van der Waals surface area contributed by atoms with Gasteiger partial charge in [0.1, 0.15) is 5.82 Å². The van der Waals surface area contributed by atoms with Crippen LogP contribution in [0.5, 0.6) is 0 Å². The number of anilines is 4.